The molecule has 32 heteroatoms. The van der Waals surface area contributed by atoms with Crippen molar-refractivity contribution in [3.63, 3.8) is 0 Å². The highest BCUT2D eigenvalue weighted by atomic mass is 16.7. The van der Waals surface area contributed by atoms with Gasteiger partial charge in [-0.15, -0.1) is 0 Å². The van der Waals surface area contributed by atoms with Gasteiger partial charge in [-0.05, 0) is 150 Å². The number of pyridine rings is 1. The topological polar surface area (TPSA) is 309 Å². The highest BCUT2D eigenvalue weighted by molar-refractivity contribution is 5.88. The lowest BCUT2D eigenvalue weighted by Crippen LogP contribution is -2.18. The van der Waals surface area contributed by atoms with Crippen LogP contribution in [-0.4, -0.2) is 177 Å². The van der Waals surface area contributed by atoms with Crippen molar-refractivity contribution in [1.29, 1.82) is 0 Å². The van der Waals surface area contributed by atoms with Crippen LogP contribution in [0.5, 0.6) is 51.7 Å². The molecule has 0 bridgehead atoms. The molecule has 0 aliphatic carbocycles. The predicted octanol–water partition coefficient (Wildman–Crippen LogP) is 22.0. The van der Waals surface area contributed by atoms with Crippen molar-refractivity contribution in [2.45, 2.75) is 97.4 Å². The monoisotopic (exact) mass is 1920 g/mol. The molecule has 0 saturated heterocycles. The standard InChI is InChI=1S/C29H27N7O2.C29H26N6O2.C26H31N5O2.C23H23N5O3.4CH4/c1-19-11-22(33-20(2)32-19)7-6-10-36(24-12-25(37-4)15-26(13-24)38-5)23-8-9-27-28(14-23)34-29(17-30-27)21-16-31-35(3)18-21;1-20-7-8-22(30-16-20)6-5-11-35(24-12-25(36-3)15-26(13-24)37-4)23-9-10-27-28(14-23)33-29(18-31-27)21-17-32-34(2)19-21;1-7-8-11-31(20-12-21(32-5)15-22(13-20)33-6)19-9-10-23-24(14-19)28-25(16-27-23)26-17(2)29-30(4)18(26)3;1-4-7-28(17-9-21(29-3)23-22(10-17)30-14-31-23)16-5-6-18-19(8-16)26-20(12-24-18)15-11-25-27(2)13-15;;;;/h8-9,11-18H,10H2,1-5H3;7-10,12-19H,11H2,1-4H3;9-10,12-16H,7-8,11H2,1-6H3;5-6,8-13H,4,7,14H2,1-3H3;4*1H4. The van der Waals surface area contributed by atoms with Gasteiger partial charge in [0.15, 0.2) is 11.5 Å². The number of aromatic nitrogens is 19. The smallest absolute Gasteiger partial charge is 0.231 e. The summed E-state index contributed by atoms with van der Waals surface area (Å²) in [4.78, 5) is 59.9. The Kier molecular flexibility index (Phi) is 35.0. The molecule has 11 heterocycles. The molecule has 0 radical (unpaired) electrons. The first kappa shape index (κ1) is 105. The van der Waals surface area contributed by atoms with Crippen molar-refractivity contribution in [2.75, 3.05) is 102 Å². The Morgan fingerprint density at radius 2 is 0.755 bits per heavy atom. The zero-order chi connectivity index (χ0) is 97.3. The number of methoxy groups -OCH3 is 7. The quantitative estimate of drug-likeness (QED) is 0.0455. The molecule has 1 aliphatic rings. The zero-order valence-electron chi connectivity index (χ0n) is 81.0. The fraction of sp³-hybridized carbons (Fsp3) is 0.270. The molecule has 0 saturated carbocycles. The zero-order valence-corrected chi connectivity index (χ0v) is 81.0. The van der Waals surface area contributed by atoms with Crippen LogP contribution < -0.4 is 62.2 Å². The maximum absolute atomic E-state index is 5.62. The summed E-state index contributed by atoms with van der Waals surface area (Å²) >= 11 is 0. The largest absolute Gasteiger partial charge is 0.497 e. The molecule has 0 atom stereocenters. The number of unbranched alkanes of at least 4 members (excludes halogenated alkanes) is 1. The van der Waals surface area contributed by atoms with Crippen LogP contribution in [0.1, 0.15) is 103 Å². The van der Waals surface area contributed by atoms with Gasteiger partial charge in [0.2, 0.25) is 12.5 Å². The molecule has 0 spiro atoms. The van der Waals surface area contributed by atoms with E-state index < -0.39 is 0 Å². The molecule has 1 aliphatic heterocycles. The molecule has 18 aromatic rings. The molecule has 10 aromatic heterocycles. The minimum absolute atomic E-state index is 0. The van der Waals surface area contributed by atoms with E-state index in [4.69, 9.17) is 62.6 Å². The summed E-state index contributed by atoms with van der Waals surface area (Å²) in [7, 11) is 19.1. The Hall–Kier alpha value is -17.3. The second kappa shape index (κ2) is 47.9. The summed E-state index contributed by atoms with van der Waals surface area (Å²) in [5.74, 6) is 19.8. The lowest BCUT2D eigenvalue weighted by atomic mass is 10.1. The SMILES string of the molecule is C.C.C.C.CCCCN(c1cc(OC)cc(OC)c1)c1ccc2ncc(-c3c(C)nn(C)c3C)nc2c1.CCCN(c1cc(OC)c2c(c1)OCO2)c1ccc2ncc(-c3cnn(C)c3)nc2c1.COc1cc(OC)cc(N(CC#Cc2cc(C)nc(C)n2)c2ccc3ncc(-c4cnn(C)c4)nc3c2)c1.COc1cc(OC)cc(N(CC#Cc2ccc(C)cn2)c2ccc3ncc(-c4cnn(C)c4)nc3c2)c1. The number of fused-ring (bicyclic) bond motifs is 5. The minimum Gasteiger partial charge on any atom is -0.497 e. The Morgan fingerprint density at radius 3 is 1.13 bits per heavy atom. The second-order valence-electron chi connectivity index (χ2n) is 32.8. The van der Waals surface area contributed by atoms with Gasteiger partial charge in [0.25, 0.3) is 0 Å². The number of ether oxygens (including phenoxy) is 9. The predicted molar refractivity (Wildman–Crippen MR) is 569 cm³/mol. The third kappa shape index (κ3) is 24.9. The summed E-state index contributed by atoms with van der Waals surface area (Å²) < 4.78 is 57.0. The molecule has 0 N–H and O–H groups in total. The third-order valence-corrected chi connectivity index (χ3v) is 23.0. The van der Waals surface area contributed by atoms with Crippen molar-refractivity contribution >= 4 is 89.6 Å². The summed E-state index contributed by atoms with van der Waals surface area (Å²) in [5.41, 5.74) is 26.5. The van der Waals surface area contributed by atoms with E-state index in [1.165, 1.54) is 0 Å². The Labute approximate surface area is 835 Å². The van der Waals surface area contributed by atoms with Crippen molar-refractivity contribution in [2.24, 2.45) is 28.2 Å². The third-order valence-electron chi connectivity index (χ3n) is 23.0. The normalized spacial score (nSPS) is 10.8. The molecule has 8 aromatic carbocycles. The number of anilines is 8. The van der Waals surface area contributed by atoms with Crippen LogP contribution in [0.3, 0.4) is 0 Å². The fourth-order valence-corrected chi connectivity index (χ4v) is 15.9. The van der Waals surface area contributed by atoms with Crippen LogP contribution in [0.4, 0.5) is 45.5 Å². The molecule has 19 rings (SSSR count). The van der Waals surface area contributed by atoms with Crippen molar-refractivity contribution in [3.05, 3.63) is 266 Å². The maximum atomic E-state index is 5.62. The van der Waals surface area contributed by atoms with Crippen molar-refractivity contribution in [1.82, 2.24) is 93.9 Å². The lowest BCUT2D eigenvalue weighted by molar-refractivity contribution is 0.171. The molecule has 32 nitrogen and oxygen atoms in total. The summed E-state index contributed by atoms with van der Waals surface area (Å²) in [5, 5.41) is 17.3. The van der Waals surface area contributed by atoms with Gasteiger partial charge < -0.3 is 62.2 Å². The fourth-order valence-electron chi connectivity index (χ4n) is 15.9. The average molecular weight is 1920 g/mol. The van der Waals surface area contributed by atoms with Gasteiger partial charge in [-0.3, -0.25) is 38.7 Å². The van der Waals surface area contributed by atoms with Gasteiger partial charge in [0.05, 0.1) is 179 Å². The molecular formula is C111H123N23O9. The van der Waals surface area contributed by atoms with Gasteiger partial charge in [-0.25, -0.2) is 34.9 Å². The highest BCUT2D eigenvalue weighted by Gasteiger charge is 2.26. The van der Waals surface area contributed by atoms with E-state index in [-0.39, 0.29) is 36.5 Å². The van der Waals surface area contributed by atoms with Crippen molar-refractivity contribution in [3.8, 4) is 120 Å². The van der Waals surface area contributed by atoms with E-state index in [9.17, 15) is 0 Å². The molecule has 736 valence electrons. The molecule has 0 unspecified atom stereocenters. The Balaban J connectivity index is 0.000000169. The first-order valence-corrected chi connectivity index (χ1v) is 45.1. The summed E-state index contributed by atoms with van der Waals surface area (Å²) in [6, 6.07) is 51.5. The van der Waals surface area contributed by atoms with Crippen molar-refractivity contribution < 1.29 is 42.6 Å². The van der Waals surface area contributed by atoms with E-state index in [1.807, 2.05) is 225 Å². The summed E-state index contributed by atoms with van der Waals surface area (Å²) in [6.07, 6.45) is 23.2. The molecule has 0 fully saturated rings. The van der Waals surface area contributed by atoms with Gasteiger partial charge in [-0.1, -0.05) is 67.9 Å². The van der Waals surface area contributed by atoms with Crippen LogP contribution in [0, 0.1) is 58.3 Å². The number of hydrogen-bond donors (Lipinski definition) is 0. The van der Waals surface area contributed by atoms with E-state index >= 15 is 0 Å². The molecular weight excluding hydrogens is 1800 g/mol. The van der Waals surface area contributed by atoms with Gasteiger partial charge in [0.1, 0.15) is 51.7 Å². The summed E-state index contributed by atoms with van der Waals surface area (Å²) in [6.45, 7) is 16.9. The Morgan fingerprint density at radius 1 is 0.357 bits per heavy atom. The van der Waals surface area contributed by atoms with Gasteiger partial charge >= 0.3 is 0 Å². The van der Waals surface area contributed by atoms with E-state index in [1.54, 1.807) is 101 Å². The number of hydrogen-bond acceptors (Lipinski definition) is 28. The first-order chi connectivity index (χ1) is 67.5. The van der Waals surface area contributed by atoms with E-state index in [2.05, 4.69) is 144 Å². The number of benzene rings is 8. The number of aryl methyl sites for hydroxylation is 8. The second-order valence-corrected chi connectivity index (χ2v) is 32.8. The van der Waals surface area contributed by atoms with Gasteiger partial charge in [0, 0.05) is 212 Å². The molecule has 0 amide bonds. The van der Waals surface area contributed by atoms with E-state index in [0.29, 0.717) is 64.9 Å². The van der Waals surface area contributed by atoms with Gasteiger partial charge in [-0.2, -0.15) is 20.4 Å². The minimum atomic E-state index is 0. The average Bonchev–Trinajstić information content (AvgIpc) is 1.70. The maximum Gasteiger partial charge on any atom is 0.231 e. The van der Waals surface area contributed by atoms with Crippen LogP contribution in [0.15, 0.2) is 226 Å². The lowest BCUT2D eigenvalue weighted by Gasteiger charge is -2.26. The van der Waals surface area contributed by atoms with E-state index in [0.717, 1.165) is 207 Å². The van der Waals surface area contributed by atoms with Crippen LogP contribution in [0.25, 0.3) is 89.2 Å². The first-order valence-electron chi connectivity index (χ1n) is 45.1. The number of rotatable bonds is 26. The highest BCUT2D eigenvalue weighted by Crippen LogP contribution is 2.47. The molecule has 143 heavy (non-hydrogen) atoms. The van der Waals surface area contributed by atoms with Crippen LogP contribution >= 0.6 is 0 Å². The number of nitrogens with zero attached hydrogens (tertiary/aromatic N) is 23. The Bertz CT molecular complexity index is 7520. The van der Waals surface area contributed by atoms with Crippen LogP contribution in [-0.2, 0) is 28.2 Å². The van der Waals surface area contributed by atoms with Crippen LogP contribution in [0.2, 0.25) is 0 Å².